The molecule has 3 heteroatoms. The number of fused-ring (bicyclic) bond motifs is 1. The maximum absolute atomic E-state index is 6.10. The average Bonchev–Trinajstić information content (AvgIpc) is 2.87. The number of hydrogen-bond acceptors (Lipinski definition) is 3. The zero-order valence-electron chi connectivity index (χ0n) is 11.6. The summed E-state index contributed by atoms with van der Waals surface area (Å²) in [5.74, 6) is 3.44. The van der Waals surface area contributed by atoms with Gasteiger partial charge in [0.15, 0.2) is 0 Å². The van der Waals surface area contributed by atoms with Gasteiger partial charge in [0.05, 0.1) is 0 Å². The normalized spacial score (nSPS) is 25.8. The van der Waals surface area contributed by atoms with Crippen LogP contribution in [0.1, 0.15) is 24.0 Å². The lowest BCUT2D eigenvalue weighted by atomic mass is 9.97. The van der Waals surface area contributed by atoms with Crippen LogP contribution in [0.25, 0.3) is 0 Å². The smallest absolute Gasteiger partial charge is 0.0258 e. The Morgan fingerprint density at radius 1 is 1.32 bits per heavy atom. The third-order valence-electron chi connectivity index (χ3n) is 4.60. The molecule has 1 saturated heterocycles. The summed E-state index contributed by atoms with van der Waals surface area (Å²) in [6.45, 7) is 3.12. The molecule has 0 spiro atoms. The molecule has 2 aliphatic rings. The molecule has 19 heavy (non-hydrogen) atoms. The maximum atomic E-state index is 6.10. The van der Waals surface area contributed by atoms with Crippen LogP contribution in [0.3, 0.4) is 0 Å². The van der Waals surface area contributed by atoms with E-state index in [1.165, 1.54) is 42.9 Å². The van der Waals surface area contributed by atoms with Crippen LogP contribution in [0.15, 0.2) is 24.3 Å². The predicted molar refractivity (Wildman–Crippen MR) is 83.4 cm³/mol. The third kappa shape index (κ3) is 2.99. The summed E-state index contributed by atoms with van der Waals surface area (Å²) < 4.78 is 0. The van der Waals surface area contributed by atoms with Crippen molar-refractivity contribution in [1.82, 2.24) is 4.90 Å². The van der Waals surface area contributed by atoms with E-state index in [0.717, 1.165) is 19.0 Å². The Bertz CT molecular complexity index is 415. The van der Waals surface area contributed by atoms with E-state index in [-0.39, 0.29) is 0 Å². The molecule has 0 amide bonds. The van der Waals surface area contributed by atoms with E-state index in [1.54, 1.807) is 5.56 Å². The molecule has 0 radical (unpaired) electrons. The van der Waals surface area contributed by atoms with Crippen LogP contribution in [0.2, 0.25) is 0 Å². The number of hydrogen-bond donors (Lipinski definition) is 1. The van der Waals surface area contributed by atoms with Gasteiger partial charge in [-0.1, -0.05) is 24.3 Å². The van der Waals surface area contributed by atoms with E-state index >= 15 is 0 Å². The number of aryl methyl sites for hydroxylation is 1. The topological polar surface area (TPSA) is 29.3 Å². The quantitative estimate of drug-likeness (QED) is 0.920. The molecule has 1 fully saturated rings. The van der Waals surface area contributed by atoms with Gasteiger partial charge in [0.2, 0.25) is 0 Å². The van der Waals surface area contributed by atoms with Crippen molar-refractivity contribution >= 4 is 11.8 Å². The monoisotopic (exact) mass is 276 g/mol. The van der Waals surface area contributed by atoms with Crippen LogP contribution in [0.4, 0.5) is 0 Å². The molecular formula is C16H24N2S. The lowest BCUT2D eigenvalue weighted by Gasteiger charge is -2.34. The third-order valence-corrected chi connectivity index (χ3v) is 5.79. The summed E-state index contributed by atoms with van der Waals surface area (Å²) >= 11 is 2.10. The van der Waals surface area contributed by atoms with Gasteiger partial charge in [0.25, 0.3) is 0 Å². The summed E-state index contributed by atoms with van der Waals surface area (Å²) in [5.41, 5.74) is 9.16. The van der Waals surface area contributed by atoms with Crippen LogP contribution in [-0.4, -0.2) is 35.5 Å². The van der Waals surface area contributed by atoms with Gasteiger partial charge in [-0.05, 0) is 54.4 Å². The predicted octanol–water partition coefficient (Wildman–Crippen LogP) is 2.52. The first-order chi connectivity index (χ1) is 9.38. The van der Waals surface area contributed by atoms with E-state index in [2.05, 4.69) is 40.9 Å². The number of benzene rings is 1. The lowest BCUT2D eigenvalue weighted by Crippen LogP contribution is -2.45. The number of nitrogens with zero attached hydrogens (tertiary/aromatic N) is 1. The van der Waals surface area contributed by atoms with E-state index in [9.17, 15) is 0 Å². The fraction of sp³-hybridized carbons (Fsp3) is 0.625. The Hall–Kier alpha value is -0.510. The van der Waals surface area contributed by atoms with Crippen LogP contribution >= 0.6 is 11.8 Å². The van der Waals surface area contributed by atoms with Crippen LogP contribution in [-0.2, 0) is 13.0 Å². The SMILES string of the molecule is NCC(C1CCSC1)N1CCCc2ccccc2C1. The average molecular weight is 276 g/mol. The molecule has 2 aliphatic heterocycles. The Labute approximate surface area is 120 Å². The minimum Gasteiger partial charge on any atom is -0.329 e. The summed E-state index contributed by atoms with van der Waals surface area (Å²) in [7, 11) is 0. The van der Waals surface area contributed by atoms with Crippen LogP contribution in [0, 0.1) is 5.92 Å². The van der Waals surface area contributed by atoms with Gasteiger partial charge in [-0.2, -0.15) is 11.8 Å². The second kappa shape index (κ2) is 6.29. The van der Waals surface area contributed by atoms with Gasteiger partial charge in [0, 0.05) is 19.1 Å². The van der Waals surface area contributed by atoms with Crippen molar-refractivity contribution in [1.29, 1.82) is 0 Å². The van der Waals surface area contributed by atoms with E-state index in [4.69, 9.17) is 5.73 Å². The van der Waals surface area contributed by atoms with Gasteiger partial charge in [-0.15, -0.1) is 0 Å². The molecule has 0 saturated carbocycles. The van der Waals surface area contributed by atoms with E-state index in [0.29, 0.717) is 6.04 Å². The molecule has 0 bridgehead atoms. The molecular weight excluding hydrogens is 252 g/mol. The maximum Gasteiger partial charge on any atom is 0.0258 e. The number of thioether (sulfide) groups is 1. The highest BCUT2D eigenvalue weighted by molar-refractivity contribution is 7.99. The minimum absolute atomic E-state index is 0.584. The van der Waals surface area contributed by atoms with Crippen molar-refractivity contribution in [2.24, 2.45) is 11.7 Å². The zero-order valence-corrected chi connectivity index (χ0v) is 12.4. The number of rotatable bonds is 3. The van der Waals surface area contributed by atoms with Crippen molar-refractivity contribution in [2.45, 2.75) is 31.8 Å². The zero-order chi connectivity index (χ0) is 13.1. The molecule has 104 valence electrons. The van der Waals surface area contributed by atoms with Gasteiger partial charge in [-0.3, -0.25) is 4.90 Å². The molecule has 1 aromatic carbocycles. The largest absolute Gasteiger partial charge is 0.329 e. The first-order valence-corrected chi connectivity index (χ1v) is 8.62. The first kappa shape index (κ1) is 13.5. The van der Waals surface area contributed by atoms with Crippen molar-refractivity contribution in [3.8, 4) is 0 Å². The van der Waals surface area contributed by atoms with Crippen molar-refractivity contribution in [3.63, 3.8) is 0 Å². The molecule has 2 nitrogen and oxygen atoms in total. The van der Waals surface area contributed by atoms with E-state index in [1.807, 2.05) is 0 Å². The Kier molecular flexibility index (Phi) is 4.46. The molecule has 3 rings (SSSR count). The Morgan fingerprint density at radius 2 is 2.16 bits per heavy atom. The van der Waals surface area contributed by atoms with Gasteiger partial charge in [-0.25, -0.2) is 0 Å². The second-order valence-corrected chi connectivity index (χ2v) is 6.92. The minimum atomic E-state index is 0.584. The fourth-order valence-electron chi connectivity index (χ4n) is 3.51. The molecule has 1 aromatic rings. The highest BCUT2D eigenvalue weighted by Crippen LogP contribution is 2.30. The van der Waals surface area contributed by atoms with Gasteiger partial charge in [0.1, 0.15) is 0 Å². The van der Waals surface area contributed by atoms with Crippen molar-refractivity contribution < 1.29 is 0 Å². The molecule has 0 aromatic heterocycles. The molecule has 2 heterocycles. The van der Waals surface area contributed by atoms with Crippen molar-refractivity contribution in [3.05, 3.63) is 35.4 Å². The summed E-state index contributed by atoms with van der Waals surface area (Å²) in [6.07, 6.45) is 3.85. The number of nitrogens with two attached hydrogens (primary N) is 1. The Morgan fingerprint density at radius 3 is 2.89 bits per heavy atom. The summed E-state index contributed by atoms with van der Waals surface area (Å²) in [6, 6.07) is 9.52. The molecule has 2 unspecified atom stereocenters. The summed E-state index contributed by atoms with van der Waals surface area (Å²) in [5, 5.41) is 0. The standard InChI is InChI=1S/C16H24N2S/c17-10-16(15-7-9-19-12-15)18-8-3-6-13-4-1-2-5-14(13)11-18/h1-2,4-5,15-16H,3,6-12,17H2. The second-order valence-electron chi connectivity index (χ2n) is 5.77. The van der Waals surface area contributed by atoms with Crippen LogP contribution in [0.5, 0.6) is 0 Å². The first-order valence-electron chi connectivity index (χ1n) is 7.47. The van der Waals surface area contributed by atoms with Gasteiger partial charge >= 0.3 is 0 Å². The van der Waals surface area contributed by atoms with Crippen molar-refractivity contribution in [2.75, 3.05) is 24.6 Å². The van der Waals surface area contributed by atoms with Crippen LogP contribution < -0.4 is 5.73 Å². The summed E-state index contributed by atoms with van der Waals surface area (Å²) in [4.78, 5) is 2.66. The highest BCUT2D eigenvalue weighted by atomic mass is 32.2. The fourth-order valence-corrected chi connectivity index (χ4v) is 4.83. The molecule has 2 N–H and O–H groups in total. The molecule has 0 aliphatic carbocycles. The highest BCUT2D eigenvalue weighted by Gasteiger charge is 2.30. The molecule has 2 atom stereocenters. The Balaban J connectivity index is 1.77. The van der Waals surface area contributed by atoms with E-state index < -0.39 is 0 Å². The van der Waals surface area contributed by atoms with Gasteiger partial charge < -0.3 is 5.73 Å². The lowest BCUT2D eigenvalue weighted by molar-refractivity contribution is 0.149.